The second kappa shape index (κ2) is 14.3. The number of hydrogen-bond acceptors (Lipinski definition) is 10. The molecule has 4 fully saturated rings. The summed E-state index contributed by atoms with van der Waals surface area (Å²) in [5.74, 6) is -5.18. The Morgan fingerprint density at radius 3 is 2.33 bits per heavy atom. The highest BCUT2D eigenvalue weighted by Gasteiger charge is 2.50. The van der Waals surface area contributed by atoms with Crippen LogP contribution in [0.4, 0.5) is 55.5 Å². The Morgan fingerprint density at radius 1 is 1.11 bits per heavy atom. The molecule has 6 heterocycles. The molecule has 0 aliphatic carbocycles. The number of nitrogens with two attached hydrogens (primary N) is 1. The summed E-state index contributed by atoms with van der Waals surface area (Å²) in [4.78, 5) is 25.3. The minimum Gasteiger partial charge on any atom is -0.495 e. The molecule has 7 rings (SSSR count). The molecule has 0 saturated carbocycles. The van der Waals surface area contributed by atoms with Gasteiger partial charge in [0.05, 0.1) is 40.4 Å². The Labute approximate surface area is 300 Å². The van der Waals surface area contributed by atoms with Gasteiger partial charge in [-0.3, -0.25) is 4.90 Å². The normalized spacial score (nSPS) is 24.2. The molecule has 4 saturated heterocycles. The minimum atomic E-state index is -5.10. The topological polar surface area (TPSA) is 139 Å². The highest BCUT2D eigenvalue weighted by atomic mass is 19.4. The van der Waals surface area contributed by atoms with Crippen LogP contribution < -0.4 is 25.4 Å². The van der Waals surface area contributed by atoms with E-state index < -0.39 is 87.3 Å². The molecule has 21 heteroatoms. The number of aliphatic carboxylic acids is 1. The van der Waals surface area contributed by atoms with Crippen molar-refractivity contribution in [3.8, 4) is 23.0 Å². The molecule has 2 bridgehead atoms. The zero-order valence-electron chi connectivity index (χ0n) is 28.7. The number of carboxylic acid groups (broad SMARTS) is 1. The number of benzene rings is 1. The lowest BCUT2D eigenvalue weighted by Crippen LogP contribution is -2.51. The number of halogens is 10. The third-order valence-electron chi connectivity index (χ3n) is 10.2. The Balaban J connectivity index is 0.000000649. The van der Waals surface area contributed by atoms with E-state index in [-0.39, 0.29) is 48.9 Å². The van der Waals surface area contributed by atoms with Gasteiger partial charge in [-0.2, -0.15) is 36.3 Å². The number of ether oxygens (including phenoxy) is 2. The van der Waals surface area contributed by atoms with Crippen molar-refractivity contribution in [3.63, 3.8) is 0 Å². The third-order valence-corrected chi connectivity index (χ3v) is 10.2. The number of aromatic nitrogens is 3. The summed E-state index contributed by atoms with van der Waals surface area (Å²) >= 11 is 0. The van der Waals surface area contributed by atoms with Crippen LogP contribution in [0.1, 0.15) is 55.2 Å². The number of alkyl halides is 9. The van der Waals surface area contributed by atoms with Crippen LogP contribution in [0.5, 0.6) is 11.8 Å². The largest absolute Gasteiger partial charge is 0.495 e. The van der Waals surface area contributed by atoms with Gasteiger partial charge in [0.25, 0.3) is 6.43 Å². The van der Waals surface area contributed by atoms with Crippen LogP contribution in [0.25, 0.3) is 22.2 Å². The van der Waals surface area contributed by atoms with Crippen LogP contribution in [-0.4, -0.2) is 101 Å². The number of carbonyl (C=O) groups is 1. The Hall–Kier alpha value is -4.40. The van der Waals surface area contributed by atoms with E-state index in [1.807, 2.05) is 9.80 Å². The van der Waals surface area contributed by atoms with E-state index in [1.165, 1.54) is 0 Å². The van der Waals surface area contributed by atoms with Crippen molar-refractivity contribution in [3.05, 3.63) is 28.6 Å². The monoisotopic (exact) mass is 783 g/mol. The van der Waals surface area contributed by atoms with Crippen molar-refractivity contribution in [1.82, 2.24) is 25.2 Å². The molecule has 4 N–H and O–H groups in total. The molecule has 4 aliphatic rings. The number of anilines is 2. The molecule has 1 aromatic carbocycles. The second-order valence-electron chi connectivity index (χ2n) is 13.8. The predicted octanol–water partition coefficient (Wildman–Crippen LogP) is 6.22. The van der Waals surface area contributed by atoms with Gasteiger partial charge >= 0.3 is 24.3 Å². The number of nitrogens with zero attached hydrogens (tertiary/aromatic N) is 5. The Bertz CT molecular complexity index is 1920. The molecular formula is C33H35F10N7O4. The number of hydrogen-bond donors (Lipinski definition) is 3. The maximum atomic E-state index is 17.0. The lowest BCUT2D eigenvalue weighted by molar-refractivity contribution is -0.192. The van der Waals surface area contributed by atoms with E-state index >= 15 is 13.2 Å². The standard InChI is InChI=1S/C31H34F7N7O2.C2HF3O2/c1-14-8-18(39)41-24(22(14)31(36,37)38)19-20(27(34)35)26(46-2)21-25(23(19)33)42-29(43-28(21)44-11-16-4-5-17(12-44)40-16)47-13-30-6-3-7-45(30)10-15(32)9-30;3-2(4,5)1(6)7/h8,15-17,27,40H,3-7,9-13H2,1-2H3,(H2,39,41);(H,6,7)/t15-,16?,17?,30+;/m1./s1. The molecule has 0 spiro atoms. The van der Waals surface area contributed by atoms with Gasteiger partial charge in [0.1, 0.15) is 35.7 Å². The molecule has 296 valence electrons. The van der Waals surface area contributed by atoms with Gasteiger partial charge < -0.3 is 30.5 Å². The van der Waals surface area contributed by atoms with E-state index in [9.17, 15) is 30.7 Å². The van der Waals surface area contributed by atoms with Crippen molar-refractivity contribution < 1.29 is 63.3 Å². The number of nitrogens with one attached hydrogen (secondary N) is 1. The summed E-state index contributed by atoms with van der Waals surface area (Å²) in [7, 11) is 1.07. The molecule has 0 radical (unpaired) electrons. The fourth-order valence-electron chi connectivity index (χ4n) is 8.08. The van der Waals surface area contributed by atoms with Gasteiger partial charge in [0, 0.05) is 38.1 Å². The second-order valence-corrected chi connectivity index (χ2v) is 13.8. The average molecular weight is 784 g/mol. The van der Waals surface area contributed by atoms with Crippen LogP contribution in [0.15, 0.2) is 6.07 Å². The highest BCUT2D eigenvalue weighted by molar-refractivity contribution is 6.01. The van der Waals surface area contributed by atoms with Crippen LogP contribution >= 0.6 is 0 Å². The zero-order chi connectivity index (χ0) is 39.5. The first kappa shape index (κ1) is 39.3. The quantitative estimate of drug-likeness (QED) is 0.236. The van der Waals surface area contributed by atoms with Crippen molar-refractivity contribution in [1.29, 1.82) is 0 Å². The van der Waals surface area contributed by atoms with E-state index in [1.54, 1.807) is 0 Å². The summed E-state index contributed by atoms with van der Waals surface area (Å²) in [6, 6.07) is 0.720. The Kier molecular flexibility index (Phi) is 10.4. The summed E-state index contributed by atoms with van der Waals surface area (Å²) in [6.45, 7) is 2.82. The highest BCUT2D eigenvalue weighted by Crippen LogP contribution is 2.50. The number of methoxy groups -OCH3 is 1. The Morgan fingerprint density at radius 2 is 1.76 bits per heavy atom. The molecule has 4 aliphatic heterocycles. The van der Waals surface area contributed by atoms with Gasteiger partial charge in [0.2, 0.25) is 0 Å². The molecule has 2 unspecified atom stereocenters. The number of fused-ring (bicyclic) bond motifs is 4. The molecule has 4 atom stereocenters. The number of aryl methyl sites for hydroxylation is 1. The molecule has 11 nitrogen and oxygen atoms in total. The third kappa shape index (κ3) is 7.35. The number of piperazine rings is 1. The van der Waals surface area contributed by atoms with Crippen LogP contribution in [0, 0.1) is 12.7 Å². The number of carboxylic acids is 1. The summed E-state index contributed by atoms with van der Waals surface area (Å²) in [6.07, 6.45) is -11.3. The summed E-state index contributed by atoms with van der Waals surface area (Å²) < 4.78 is 148. The number of rotatable bonds is 7. The van der Waals surface area contributed by atoms with Crippen molar-refractivity contribution in [2.75, 3.05) is 50.5 Å². The average Bonchev–Trinajstić information content (AvgIpc) is 3.72. The van der Waals surface area contributed by atoms with Crippen LogP contribution in [0.3, 0.4) is 0 Å². The van der Waals surface area contributed by atoms with Crippen molar-refractivity contribution in [2.24, 2.45) is 0 Å². The predicted molar refractivity (Wildman–Crippen MR) is 173 cm³/mol. The summed E-state index contributed by atoms with van der Waals surface area (Å²) in [5.41, 5.74) is -0.596. The SMILES string of the molecule is COc1c(C(F)F)c(-c2nc(N)cc(C)c2C(F)(F)F)c(F)c2nc(OC[C@@]34CCCN3C[C@H](F)C4)nc(N3CC4CCC(C3)N4)c12.O=C(O)C(F)(F)F. The van der Waals surface area contributed by atoms with Crippen molar-refractivity contribution in [2.45, 2.75) is 81.6 Å². The van der Waals surface area contributed by atoms with Gasteiger partial charge in [-0.15, -0.1) is 0 Å². The van der Waals surface area contributed by atoms with Crippen LogP contribution in [0.2, 0.25) is 0 Å². The molecule has 2 aromatic heterocycles. The fourth-order valence-corrected chi connectivity index (χ4v) is 8.08. The molecule has 3 aromatic rings. The van der Waals surface area contributed by atoms with Gasteiger partial charge in [-0.1, -0.05) is 0 Å². The van der Waals surface area contributed by atoms with E-state index in [0.717, 1.165) is 39.4 Å². The van der Waals surface area contributed by atoms with Crippen LogP contribution in [-0.2, 0) is 11.0 Å². The molecule has 54 heavy (non-hydrogen) atoms. The number of pyridine rings is 1. The lowest BCUT2D eigenvalue weighted by Gasteiger charge is -2.35. The first-order valence-corrected chi connectivity index (χ1v) is 16.8. The first-order valence-electron chi connectivity index (χ1n) is 16.8. The van der Waals surface area contributed by atoms with Gasteiger partial charge in [0.15, 0.2) is 5.82 Å². The van der Waals surface area contributed by atoms with Gasteiger partial charge in [-0.05, 0) is 50.8 Å². The zero-order valence-corrected chi connectivity index (χ0v) is 28.7. The maximum absolute atomic E-state index is 17.0. The lowest BCUT2D eigenvalue weighted by atomic mass is 9.93. The molecule has 0 amide bonds. The summed E-state index contributed by atoms with van der Waals surface area (Å²) in [5, 5.41) is 10.4. The van der Waals surface area contributed by atoms with E-state index in [0.29, 0.717) is 26.1 Å². The van der Waals surface area contributed by atoms with Crippen molar-refractivity contribution >= 4 is 28.5 Å². The van der Waals surface area contributed by atoms with Gasteiger partial charge in [-0.25, -0.2) is 27.3 Å². The smallest absolute Gasteiger partial charge is 0.490 e. The number of nitrogen functional groups attached to an aromatic ring is 1. The minimum absolute atomic E-state index is 0.0138. The first-order chi connectivity index (χ1) is 25.2. The maximum Gasteiger partial charge on any atom is 0.490 e. The van der Waals surface area contributed by atoms with E-state index in [2.05, 4.69) is 20.3 Å². The van der Waals surface area contributed by atoms with E-state index in [4.69, 9.17) is 25.1 Å². The molecular weight excluding hydrogens is 748 g/mol. The fraction of sp³-hybridized carbons (Fsp3) is 0.576.